The van der Waals surface area contributed by atoms with Gasteiger partial charge in [0.1, 0.15) is 17.8 Å². The van der Waals surface area contributed by atoms with E-state index in [0.29, 0.717) is 13.1 Å². The standard InChI is InChI=1S/C11H15N5O/c1-8(17)12-4-5-13-10-9-3-6-16(2)11(9)15-7-14-10/h3,6-7H,4-5H2,1-2H3,(H,12,17)(H,13,14,15). The highest BCUT2D eigenvalue weighted by Crippen LogP contribution is 2.18. The van der Waals surface area contributed by atoms with Gasteiger partial charge in [0, 0.05) is 33.3 Å². The van der Waals surface area contributed by atoms with Crippen LogP contribution in [0.25, 0.3) is 11.0 Å². The molecule has 6 heteroatoms. The normalized spacial score (nSPS) is 10.5. The molecule has 2 heterocycles. The van der Waals surface area contributed by atoms with E-state index in [-0.39, 0.29) is 5.91 Å². The van der Waals surface area contributed by atoms with Crippen molar-refractivity contribution in [3.63, 3.8) is 0 Å². The minimum atomic E-state index is -0.0284. The maximum atomic E-state index is 10.7. The predicted molar refractivity (Wildman–Crippen MR) is 65.7 cm³/mol. The number of fused-ring (bicyclic) bond motifs is 1. The molecule has 0 saturated heterocycles. The fourth-order valence-corrected chi connectivity index (χ4v) is 1.64. The van der Waals surface area contributed by atoms with Gasteiger partial charge in [0.05, 0.1) is 5.39 Å². The van der Waals surface area contributed by atoms with E-state index in [1.54, 1.807) is 0 Å². The number of carbonyl (C=O) groups is 1. The molecule has 0 aliphatic carbocycles. The van der Waals surface area contributed by atoms with Crippen LogP contribution in [0, 0.1) is 0 Å². The van der Waals surface area contributed by atoms with Crippen molar-refractivity contribution in [1.82, 2.24) is 19.9 Å². The molecule has 0 radical (unpaired) electrons. The summed E-state index contributed by atoms with van der Waals surface area (Å²) < 4.78 is 1.94. The number of anilines is 1. The molecule has 2 aromatic rings. The third-order valence-corrected chi connectivity index (χ3v) is 2.45. The smallest absolute Gasteiger partial charge is 0.216 e. The Balaban J connectivity index is 2.06. The van der Waals surface area contributed by atoms with E-state index in [0.717, 1.165) is 16.9 Å². The predicted octanol–water partition coefficient (Wildman–Crippen LogP) is 0.516. The van der Waals surface area contributed by atoms with Crippen molar-refractivity contribution in [3.8, 4) is 0 Å². The molecule has 0 unspecified atom stereocenters. The molecule has 2 N–H and O–H groups in total. The largest absolute Gasteiger partial charge is 0.368 e. The number of carbonyl (C=O) groups excluding carboxylic acids is 1. The molecule has 0 fully saturated rings. The topological polar surface area (TPSA) is 71.8 Å². The van der Waals surface area contributed by atoms with Gasteiger partial charge in [-0.1, -0.05) is 0 Å². The second-order valence-corrected chi connectivity index (χ2v) is 3.80. The molecule has 0 saturated carbocycles. The number of rotatable bonds is 4. The van der Waals surface area contributed by atoms with Crippen LogP contribution in [-0.4, -0.2) is 33.5 Å². The second kappa shape index (κ2) is 4.82. The zero-order valence-corrected chi connectivity index (χ0v) is 9.90. The maximum absolute atomic E-state index is 10.7. The number of hydrogen-bond donors (Lipinski definition) is 2. The molecule has 90 valence electrons. The quantitative estimate of drug-likeness (QED) is 0.755. The Morgan fingerprint density at radius 1 is 1.41 bits per heavy atom. The lowest BCUT2D eigenvalue weighted by Crippen LogP contribution is -2.26. The van der Waals surface area contributed by atoms with Crippen molar-refractivity contribution >= 4 is 22.8 Å². The van der Waals surface area contributed by atoms with Gasteiger partial charge in [-0.05, 0) is 6.07 Å². The van der Waals surface area contributed by atoms with Gasteiger partial charge < -0.3 is 15.2 Å². The van der Waals surface area contributed by atoms with Crippen molar-refractivity contribution < 1.29 is 4.79 Å². The van der Waals surface area contributed by atoms with E-state index < -0.39 is 0 Å². The first kappa shape index (κ1) is 11.4. The molecule has 0 aliphatic heterocycles. The molecule has 2 rings (SSSR count). The Kier molecular flexibility index (Phi) is 3.22. The summed E-state index contributed by atoms with van der Waals surface area (Å²) in [4.78, 5) is 19.1. The lowest BCUT2D eigenvalue weighted by Gasteiger charge is -2.06. The van der Waals surface area contributed by atoms with Gasteiger partial charge in [0.15, 0.2) is 0 Å². The minimum Gasteiger partial charge on any atom is -0.368 e. The number of aryl methyl sites for hydroxylation is 1. The third-order valence-electron chi connectivity index (χ3n) is 2.45. The minimum absolute atomic E-state index is 0.0284. The molecule has 1 amide bonds. The summed E-state index contributed by atoms with van der Waals surface area (Å²) in [6.07, 6.45) is 3.47. The van der Waals surface area contributed by atoms with Crippen molar-refractivity contribution in [2.24, 2.45) is 7.05 Å². The highest BCUT2D eigenvalue weighted by Gasteiger charge is 2.05. The molecule has 2 aromatic heterocycles. The van der Waals surface area contributed by atoms with Gasteiger partial charge in [-0.3, -0.25) is 4.79 Å². The van der Waals surface area contributed by atoms with Crippen molar-refractivity contribution in [2.45, 2.75) is 6.92 Å². The summed E-state index contributed by atoms with van der Waals surface area (Å²) in [6.45, 7) is 2.72. The monoisotopic (exact) mass is 233 g/mol. The zero-order chi connectivity index (χ0) is 12.3. The van der Waals surface area contributed by atoms with E-state index in [2.05, 4.69) is 20.6 Å². The Hall–Kier alpha value is -2.11. The van der Waals surface area contributed by atoms with Gasteiger partial charge >= 0.3 is 0 Å². The third kappa shape index (κ3) is 2.52. The first-order valence-electron chi connectivity index (χ1n) is 5.43. The van der Waals surface area contributed by atoms with Crippen LogP contribution in [0.5, 0.6) is 0 Å². The Bertz CT molecular complexity index is 534. The number of aromatic nitrogens is 3. The van der Waals surface area contributed by atoms with Crippen molar-refractivity contribution in [2.75, 3.05) is 18.4 Å². The summed E-state index contributed by atoms with van der Waals surface area (Å²) in [5.41, 5.74) is 0.891. The summed E-state index contributed by atoms with van der Waals surface area (Å²) in [6, 6.07) is 1.97. The van der Waals surface area contributed by atoms with Gasteiger partial charge in [-0.25, -0.2) is 9.97 Å². The number of nitrogens with one attached hydrogen (secondary N) is 2. The van der Waals surface area contributed by atoms with Crippen LogP contribution in [-0.2, 0) is 11.8 Å². The molecule has 17 heavy (non-hydrogen) atoms. The van der Waals surface area contributed by atoms with E-state index in [9.17, 15) is 4.79 Å². The summed E-state index contributed by atoms with van der Waals surface area (Å²) >= 11 is 0. The molecular weight excluding hydrogens is 218 g/mol. The van der Waals surface area contributed by atoms with Crippen molar-refractivity contribution in [1.29, 1.82) is 0 Å². The maximum Gasteiger partial charge on any atom is 0.216 e. The van der Waals surface area contributed by atoms with E-state index in [1.165, 1.54) is 13.3 Å². The van der Waals surface area contributed by atoms with Crippen LogP contribution >= 0.6 is 0 Å². The van der Waals surface area contributed by atoms with E-state index in [4.69, 9.17) is 0 Å². The number of hydrogen-bond acceptors (Lipinski definition) is 4. The van der Waals surface area contributed by atoms with Crippen LogP contribution in [0.3, 0.4) is 0 Å². The second-order valence-electron chi connectivity index (χ2n) is 3.80. The summed E-state index contributed by atoms with van der Waals surface area (Å²) in [5, 5.41) is 6.88. The SMILES string of the molecule is CC(=O)NCCNc1ncnc2c1ccn2C. The molecule has 0 aliphatic rings. The first-order chi connectivity index (χ1) is 8.18. The van der Waals surface area contributed by atoms with Gasteiger partial charge in [0.2, 0.25) is 5.91 Å². The number of amides is 1. The van der Waals surface area contributed by atoms with Crippen LogP contribution in [0.15, 0.2) is 18.6 Å². The highest BCUT2D eigenvalue weighted by molar-refractivity contribution is 5.87. The van der Waals surface area contributed by atoms with Crippen LogP contribution < -0.4 is 10.6 Å². The fourth-order valence-electron chi connectivity index (χ4n) is 1.64. The lowest BCUT2D eigenvalue weighted by molar-refractivity contribution is -0.118. The Morgan fingerprint density at radius 2 is 2.24 bits per heavy atom. The average Bonchev–Trinajstić information content (AvgIpc) is 2.67. The first-order valence-corrected chi connectivity index (χ1v) is 5.43. The van der Waals surface area contributed by atoms with Gasteiger partial charge in [0.25, 0.3) is 0 Å². The summed E-state index contributed by atoms with van der Waals surface area (Å²) in [5.74, 6) is 0.764. The van der Waals surface area contributed by atoms with Crippen molar-refractivity contribution in [3.05, 3.63) is 18.6 Å². The summed E-state index contributed by atoms with van der Waals surface area (Å²) in [7, 11) is 1.94. The Labute approximate surface area is 99.1 Å². The fraction of sp³-hybridized carbons (Fsp3) is 0.364. The van der Waals surface area contributed by atoms with Crippen LogP contribution in [0.2, 0.25) is 0 Å². The van der Waals surface area contributed by atoms with Gasteiger partial charge in [-0.15, -0.1) is 0 Å². The Morgan fingerprint density at radius 3 is 3.00 bits per heavy atom. The highest BCUT2D eigenvalue weighted by atomic mass is 16.1. The molecule has 0 atom stereocenters. The average molecular weight is 233 g/mol. The molecule has 6 nitrogen and oxygen atoms in total. The molecule has 0 spiro atoms. The molecular formula is C11H15N5O. The van der Waals surface area contributed by atoms with E-state index in [1.807, 2.05) is 23.9 Å². The molecule has 0 aromatic carbocycles. The van der Waals surface area contributed by atoms with E-state index >= 15 is 0 Å². The van der Waals surface area contributed by atoms with Gasteiger partial charge in [-0.2, -0.15) is 0 Å². The van der Waals surface area contributed by atoms with Crippen LogP contribution in [0.4, 0.5) is 5.82 Å². The molecule has 0 bridgehead atoms. The lowest BCUT2D eigenvalue weighted by atomic mass is 10.4. The van der Waals surface area contributed by atoms with Crippen LogP contribution in [0.1, 0.15) is 6.92 Å². The zero-order valence-electron chi connectivity index (χ0n) is 9.90. The number of nitrogens with zero attached hydrogens (tertiary/aromatic N) is 3.